The Morgan fingerprint density at radius 1 is 0.862 bits per heavy atom. The molecule has 0 spiro atoms. The van der Waals surface area contributed by atoms with Crippen LogP contribution in [0, 0.1) is 5.92 Å². The lowest BCUT2D eigenvalue weighted by atomic mass is 9.85. The van der Waals surface area contributed by atoms with E-state index >= 15 is 0 Å². The van der Waals surface area contributed by atoms with Crippen molar-refractivity contribution in [3.05, 3.63) is 65.7 Å². The SMILES string of the molecule is O=Cc1c(O)ccc2cc(-c3cccc(C(=O)C4CCCCCCC4)c3)ccc12. The number of hydrogen-bond donors (Lipinski definition) is 1. The standard InChI is InChI=1S/C26H26O3/c27-17-24-23-13-11-20(15-21(23)12-14-25(24)28)19-9-6-10-22(16-19)26(29)18-7-4-2-1-3-5-8-18/h6,9-18,28H,1-5,7-8H2. The van der Waals surface area contributed by atoms with Crippen LogP contribution in [0.5, 0.6) is 5.75 Å². The number of aldehydes is 1. The summed E-state index contributed by atoms with van der Waals surface area (Å²) in [5.41, 5.74) is 3.08. The minimum atomic E-state index is -0.00737. The van der Waals surface area contributed by atoms with Gasteiger partial charge < -0.3 is 5.11 Å². The Bertz CT molecular complexity index is 1040. The van der Waals surface area contributed by atoms with E-state index < -0.39 is 0 Å². The van der Waals surface area contributed by atoms with E-state index in [9.17, 15) is 14.7 Å². The van der Waals surface area contributed by atoms with Gasteiger partial charge >= 0.3 is 0 Å². The summed E-state index contributed by atoms with van der Waals surface area (Å²) in [5.74, 6) is 0.398. The van der Waals surface area contributed by atoms with E-state index in [1.54, 1.807) is 6.07 Å². The fourth-order valence-electron chi connectivity index (χ4n) is 4.45. The maximum absolute atomic E-state index is 13.1. The van der Waals surface area contributed by atoms with Gasteiger partial charge in [-0.05, 0) is 52.9 Å². The van der Waals surface area contributed by atoms with Crippen LogP contribution in [0.25, 0.3) is 21.9 Å². The molecule has 1 aliphatic carbocycles. The molecule has 0 atom stereocenters. The number of carbonyl (C=O) groups is 2. The molecule has 0 aliphatic heterocycles. The summed E-state index contributed by atoms with van der Waals surface area (Å²) in [7, 11) is 0. The second kappa shape index (κ2) is 8.60. The van der Waals surface area contributed by atoms with E-state index in [-0.39, 0.29) is 17.5 Å². The molecule has 1 saturated carbocycles. The number of benzene rings is 3. The van der Waals surface area contributed by atoms with Crippen LogP contribution in [0.1, 0.15) is 65.7 Å². The van der Waals surface area contributed by atoms with Crippen LogP contribution in [0.3, 0.4) is 0 Å². The van der Waals surface area contributed by atoms with Gasteiger partial charge in [-0.15, -0.1) is 0 Å². The zero-order valence-electron chi connectivity index (χ0n) is 16.6. The Kier molecular flexibility index (Phi) is 5.75. The van der Waals surface area contributed by atoms with E-state index in [0.717, 1.165) is 53.1 Å². The molecule has 0 radical (unpaired) electrons. The van der Waals surface area contributed by atoms with Gasteiger partial charge in [-0.2, -0.15) is 0 Å². The molecule has 29 heavy (non-hydrogen) atoms. The number of rotatable bonds is 4. The number of Topliss-reactive ketones (excluding diaryl/α,β-unsaturated/α-hetero) is 1. The third-order valence-corrected chi connectivity index (χ3v) is 6.11. The van der Waals surface area contributed by atoms with Crippen LogP contribution in [0.2, 0.25) is 0 Å². The first kappa shape index (κ1) is 19.4. The molecule has 0 aromatic heterocycles. The minimum Gasteiger partial charge on any atom is -0.507 e. The highest BCUT2D eigenvalue weighted by Crippen LogP contribution is 2.31. The largest absolute Gasteiger partial charge is 0.507 e. The molecule has 3 aromatic rings. The average Bonchev–Trinajstić information content (AvgIpc) is 2.73. The van der Waals surface area contributed by atoms with E-state index in [1.807, 2.05) is 48.5 Å². The Morgan fingerprint density at radius 3 is 2.34 bits per heavy atom. The van der Waals surface area contributed by atoms with E-state index in [1.165, 1.54) is 19.3 Å². The molecule has 148 valence electrons. The number of fused-ring (bicyclic) bond motifs is 1. The van der Waals surface area contributed by atoms with Crippen molar-refractivity contribution in [2.75, 3.05) is 0 Å². The molecule has 0 bridgehead atoms. The highest BCUT2D eigenvalue weighted by molar-refractivity contribution is 6.02. The van der Waals surface area contributed by atoms with Gasteiger partial charge in [0.1, 0.15) is 5.75 Å². The summed E-state index contributed by atoms with van der Waals surface area (Å²) in [6, 6.07) is 17.0. The van der Waals surface area contributed by atoms with Gasteiger partial charge in [0.05, 0.1) is 5.56 Å². The minimum absolute atomic E-state index is 0.00737. The molecule has 3 aromatic carbocycles. The lowest BCUT2D eigenvalue weighted by Gasteiger charge is -2.19. The smallest absolute Gasteiger partial charge is 0.165 e. The molecule has 4 rings (SSSR count). The maximum Gasteiger partial charge on any atom is 0.165 e. The monoisotopic (exact) mass is 386 g/mol. The van der Waals surface area contributed by atoms with Crippen molar-refractivity contribution in [2.45, 2.75) is 44.9 Å². The molecule has 3 nitrogen and oxygen atoms in total. The summed E-state index contributed by atoms with van der Waals surface area (Å²) in [6.45, 7) is 0. The topological polar surface area (TPSA) is 54.4 Å². The molecule has 1 fully saturated rings. The first-order chi connectivity index (χ1) is 14.2. The number of carbonyl (C=O) groups excluding carboxylic acids is 2. The Hall–Kier alpha value is -2.94. The van der Waals surface area contributed by atoms with Gasteiger partial charge in [-0.3, -0.25) is 9.59 Å². The summed E-state index contributed by atoms with van der Waals surface area (Å²) >= 11 is 0. The van der Waals surface area contributed by atoms with Crippen LogP contribution >= 0.6 is 0 Å². The third kappa shape index (κ3) is 4.09. The predicted octanol–water partition coefficient (Wildman–Crippen LogP) is 6.57. The van der Waals surface area contributed by atoms with Gasteiger partial charge in [-0.25, -0.2) is 0 Å². The van der Waals surface area contributed by atoms with Gasteiger partial charge in [0, 0.05) is 11.5 Å². The van der Waals surface area contributed by atoms with Crippen LogP contribution in [-0.2, 0) is 0 Å². The first-order valence-corrected chi connectivity index (χ1v) is 10.5. The Balaban J connectivity index is 1.65. The van der Waals surface area contributed by atoms with E-state index in [4.69, 9.17) is 0 Å². The molecular weight excluding hydrogens is 360 g/mol. The maximum atomic E-state index is 13.1. The van der Waals surface area contributed by atoms with Gasteiger partial charge in [0.15, 0.2) is 12.1 Å². The average molecular weight is 386 g/mol. The zero-order valence-corrected chi connectivity index (χ0v) is 16.6. The van der Waals surface area contributed by atoms with Crippen molar-refractivity contribution < 1.29 is 14.7 Å². The fraction of sp³-hybridized carbons (Fsp3) is 0.308. The zero-order chi connectivity index (χ0) is 20.2. The second-order valence-electron chi connectivity index (χ2n) is 8.04. The predicted molar refractivity (Wildman–Crippen MR) is 117 cm³/mol. The van der Waals surface area contributed by atoms with Crippen LogP contribution in [-0.4, -0.2) is 17.2 Å². The summed E-state index contributed by atoms with van der Waals surface area (Å²) in [5, 5.41) is 11.5. The molecule has 0 heterocycles. The first-order valence-electron chi connectivity index (χ1n) is 10.5. The number of ketones is 1. The molecule has 3 heteroatoms. The van der Waals surface area contributed by atoms with Gasteiger partial charge in [0.2, 0.25) is 0 Å². The van der Waals surface area contributed by atoms with Crippen molar-refractivity contribution >= 4 is 22.8 Å². The summed E-state index contributed by atoms with van der Waals surface area (Å²) in [6.07, 6.45) is 8.74. The Labute approximate surface area is 171 Å². The second-order valence-corrected chi connectivity index (χ2v) is 8.04. The van der Waals surface area contributed by atoms with Crippen LogP contribution in [0.15, 0.2) is 54.6 Å². The van der Waals surface area contributed by atoms with Gasteiger partial charge in [-0.1, -0.05) is 68.5 Å². The number of hydrogen-bond acceptors (Lipinski definition) is 3. The van der Waals surface area contributed by atoms with Gasteiger partial charge in [0.25, 0.3) is 0 Å². The van der Waals surface area contributed by atoms with Crippen molar-refractivity contribution in [1.82, 2.24) is 0 Å². The van der Waals surface area contributed by atoms with E-state index in [2.05, 4.69) is 0 Å². The molecular formula is C26H26O3. The molecule has 1 N–H and O–H groups in total. The highest BCUT2D eigenvalue weighted by Gasteiger charge is 2.21. The summed E-state index contributed by atoms with van der Waals surface area (Å²) in [4.78, 5) is 24.4. The molecule has 1 aliphatic rings. The summed E-state index contributed by atoms with van der Waals surface area (Å²) < 4.78 is 0. The third-order valence-electron chi connectivity index (χ3n) is 6.11. The lowest BCUT2D eigenvalue weighted by Crippen LogP contribution is -2.16. The normalized spacial score (nSPS) is 15.6. The quantitative estimate of drug-likeness (QED) is 0.408. The van der Waals surface area contributed by atoms with Crippen molar-refractivity contribution in [1.29, 1.82) is 0 Å². The highest BCUT2D eigenvalue weighted by atomic mass is 16.3. The van der Waals surface area contributed by atoms with Crippen molar-refractivity contribution in [3.63, 3.8) is 0 Å². The van der Waals surface area contributed by atoms with Crippen LogP contribution in [0.4, 0.5) is 0 Å². The van der Waals surface area contributed by atoms with Crippen molar-refractivity contribution in [3.8, 4) is 16.9 Å². The van der Waals surface area contributed by atoms with Crippen LogP contribution < -0.4 is 0 Å². The molecule has 0 saturated heterocycles. The number of aromatic hydroxyl groups is 1. The Morgan fingerprint density at radius 2 is 1.59 bits per heavy atom. The molecule has 0 unspecified atom stereocenters. The fourth-order valence-corrected chi connectivity index (χ4v) is 4.45. The number of phenols is 1. The van der Waals surface area contributed by atoms with E-state index in [0.29, 0.717) is 11.8 Å². The number of phenolic OH excluding ortho intramolecular Hbond substituents is 1. The molecule has 0 amide bonds. The lowest BCUT2D eigenvalue weighted by molar-refractivity contribution is 0.0898. The van der Waals surface area contributed by atoms with Crippen molar-refractivity contribution in [2.24, 2.45) is 5.92 Å².